The standard InChI is InChI=1S/3C17H11Cl2NO4/c3*18-11-3-1-10(2-4-11)16(17(21)22)23-14-6-5-12(19)9-13(14)15-7-8-20-24-15/h3*1-9,16H,(H,21,22). The summed E-state index contributed by atoms with van der Waals surface area (Å²) in [6.07, 6.45) is 0.829. The fourth-order valence-electron chi connectivity index (χ4n) is 6.53. The number of nitrogens with zero attached hydrogens (tertiary/aromatic N) is 3. The van der Waals surface area contributed by atoms with Crippen LogP contribution in [0.3, 0.4) is 0 Å². The van der Waals surface area contributed by atoms with Crippen LogP contribution in [-0.4, -0.2) is 48.7 Å². The van der Waals surface area contributed by atoms with Crippen molar-refractivity contribution in [2.75, 3.05) is 0 Å². The molecule has 3 heterocycles. The van der Waals surface area contributed by atoms with Crippen LogP contribution in [-0.2, 0) is 14.4 Å². The van der Waals surface area contributed by atoms with E-state index in [0.29, 0.717) is 98.0 Å². The topological polar surface area (TPSA) is 218 Å². The smallest absolute Gasteiger partial charge is 0.349 e. The third-order valence-corrected chi connectivity index (χ3v) is 11.3. The predicted octanol–water partition coefficient (Wildman–Crippen LogP) is 14.6. The molecule has 3 aromatic heterocycles. The third-order valence-electron chi connectivity index (χ3n) is 9.86. The molecule has 3 N–H and O–H groups in total. The lowest BCUT2D eigenvalue weighted by Crippen LogP contribution is -2.18. The number of aromatic nitrogens is 3. The molecule has 0 saturated carbocycles. The van der Waals surface area contributed by atoms with Gasteiger partial charge in [0.25, 0.3) is 0 Å². The van der Waals surface area contributed by atoms with E-state index in [9.17, 15) is 29.7 Å². The predicted molar refractivity (Wildman–Crippen MR) is 268 cm³/mol. The van der Waals surface area contributed by atoms with Gasteiger partial charge in [0, 0.05) is 65.0 Å². The molecule has 0 saturated heterocycles. The van der Waals surface area contributed by atoms with Gasteiger partial charge in [-0.1, -0.05) is 121 Å². The molecule has 15 nitrogen and oxygen atoms in total. The molecule has 3 unspecified atom stereocenters. The van der Waals surface area contributed by atoms with Gasteiger partial charge < -0.3 is 43.1 Å². The van der Waals surface area contributed by atoms with Gasteiger partial charge >= 0.3 is 17.9 Å². The average molecular weight is 1090 g/mol. The normalized spacial score (nSPS) is 11.9. The Balaban J connectivity index is 0.000000158. The maximum absolute atomic E-state index is 11.6. The number of hydrogen-bond donors (Lipinski definition) is 3. The fourth-order valence-corrected chi connectivity index (χ4v) is 7.43. The second-order valence-electron chi connectivity index (χ2n) is 14.7. The molecule has 6 aromatic carbocycles. The van der Waals surface area contributed by atoms with Crippen LogP contribution in [0.15, 0.2) is 178 Å². The van der Waals surface area contributed by atoms with Crippen molar-refractivity contribution < 1.29 is 57.5 Å². The average Bonchev–Trinajstić information content (AvgIpc) is 4.21. The monoisotopic (exact) mass is 1090 g/mol. The van der Waals surface area contributed by atoms with E-state index in [2.05, 4.69) is 15.5 Å². The number of halogens is 6. The largest absolute Gasteiger partial charge is 0.478 e. The van der Waals surface area contributed by atoms with Crippen LogP contribution >= 0.6 is 69.6 Å². The second kappa shape index (κ2) is 24.6. The number of carboxylic acid groups (broad SMARTS) is 3. The summed E-state index contributed by atoms with van der Waals surface area (Å²) in [6, 6.07) is 38.6. The molecule has 0 amide bonds. The molecular formula is C51H33Cl6N3O12. The van der Waals surface area contributed by atoms with Gasteiger partial charge in [0.05, 0.1) is 35.3 Å². The van der Waals surface area contributed by atoms with Crippen LogP contribution in [0.2, 0.25) is 30.1 Å². The highest BCUT2D eigenvalue weighted by molar-refractivity contribution is 6.32. The molecule has 9 aromatic rings. The van der Waals surface area contributed by atoms with Crippen LogP contribution < -0.4 is 14.2 Å². The molecule has 366 valence electrons. The molecule has 0 aliphatic carbocycles. The Kier molecular flexibility index (Phi) is 17.8. The highest BCUT2D eigenvalue weighted by Crippen LogP contribution is 2.38. The summed E-state index contributed by atoms with van der Waals surface area (Å²) in [4.78, 5) is 34.9. The van der Waals surface area contributed by atoms with Gasteiger partial charge in [0.1, 0.15) is 17.2 Å². The minimum absolute atomic E-state index is 0.318. The lowest BCUT2D eigenvalue weighted by molar-refractivity contribution is -0.146. The first kappa shape index (κ1) is 52.3. The van der Waals surface area contributed by atoms with E-state index in [1.165, 1.54) is 18.6 Å². The number of hydrogen-bond acceptors (Lipinski definition) is 12. The van der Waals surface area contributed by atoms with E-state index < -0.39 is 36.2 Å². The van der Waals surface area contributed by atoms with E-state index in [4.69, 9.17) is 97.4 Å². The zero-order valence-electron chi connectivity index (χ0n) is 36.4. The fraction of sp³-hybridized carbons (Fsp3) is 0.0588. The van der Waals surface area contributed by atoms with Crippen molar-refractivity contribution in [3.05, 3.63) is 211 Å². The second-order valence-corrected chi connectivity index (χ2v) is 17.3. The van der Waals surface area contributed by atoms with E-state index in [1.807, 2.05) is 0 Å². The highest BCUT2D eigenvalue weighted by atomic mass is 35.5. The Morgan fingerprint density at radius 3 is 0.806 bits per heavy atom. The van der Waals surface area contributed by atoms with Crippen LogP contribution in [0.4, 0.5) is 0 Å². The minimum atomic E-state index is -1.20. The van der Waals surface area contributed by atoms with Crippen molar-refractivity contribution in [3.8, 4) is 51.2 Å². The maximum atomic E-state index is 11.6. The Morgan fingerprint density at radius 2 is 0.597 bits per heavy atom. The Hall–Kier alpha value is -7.50. The molecule has 3 atom stereocenters. The Bertz CT molecular complexity index is 2890. The molecule has 0 bridgehead atoms. The molecular weight excluding hydrogens is 1060 g/mol. The summed E-state index contributed by atoms with van der Waals surface area (Å²) in [5, 5.41) is 42.4. The molecule has 0 spiro atoms. The van der Waals surface area contributed by atoms with Gasteiger partial charge in [-0.3, -0.25) is 0 Å². The maximum Gasteiger partial charge on any atom is 0.349 e. The van der Waals surface area contributed by atoms with Crippen LogP contribution in [0.5, 0.6) is 17.2 Å². The van der Waals surface area contributed by atoms with Gasteiger partial charge in [-0.2, -0.15) is 0 Å². The molecule has 0 aliphatic rings. The highest BCUT2D eigenvalue weighted by Gasteiger charge is 2.27. The molecule has 72 heavy (non-hydrogen) atoms. The number of aliphatic carboxylic acids is 3. The Labute approximate surface area is 438 Å². The van der Waals surface area contributed by atoms with Gasteiger partial charge in [-0.15, -0.1) is 0 Å². The van der Waals surface area contributed by atoms with Crippen LogP contribution in [0, 0.1) is 0 Å². The molecule has 0 fully saturated rings. The SMILES string of the molecule is O=C(O)C(Oc1ccc(Cl)cc1-c1ccno1)c1ccc(Cl)cc1.O=C(O)C(Oc1ccc(Cl)cc1-c1ccno1)c1ccc(Cl)cc1.O=C(O)C(Oc1ccc(Cl)cc1-c1ccno1)c1ccc(Cl)cc1. The van der Waals surface area contributed by atoms with Crippen molar-refractivity contribution in [1.29, 1.82) is 0 Å². The number of ether oxygens (including phenoxy) is 3. The van der Waals surface area contributed by atoms with Crippen molar-refractivity contribution in [2.24, 2.45) is 0 Å². The lowest BCUT2D eigenvalue weighted by Gasteiger charge is -2.17. The zero-order chi connectivity index (χ0) is 51.3. The first-order valence-corrected chi connectivity index (χ1v) is 23.0. The summed E-state index contributed by atoms with van der Waals surface area (Å²) >= 11 is 35.6. The van der Waals surface area contributed by atoms with E-state index in [1.54, 1.807) is 146 Å². The van der Waals surface area contributed by atoms with Gasteiger partial charge in [0.2, 0.25) is 18.3 Å². The van der Waals surface area contributed by atoms with Crippen LogP contribution in [0.25, 0.3) is 34.0 Å². The van der Waals surface area contributed by atoms with Gasteiger partial charge in [0.15, 0.2) is 17.3 Å². The van der Waals surface area contributed by atoms with Gasteiger partial charge in [-0.25, -0.2) is 14.4 Å². The molecule has 21 heteroatoms. The quantitative estimate of drug-likeness (QED) is 0.0870. The van der Waals surface area contributed by atoms with E-state index >= 15 is 0 Å². The number of rotatable bonds is 15. The summed E-state index contributed by atoms with van der Waals surface area (Å²) in [6.45, 7) is 0. The molecule has 0 radical (unpaired) electrons. The first-order valence-electron chi connectivity index (χ1n) is 20.7. The van der Waals surface area contributed by atoms with Crippen molar-refractivity contribution in [3.63, 3.8) is 0 Å². The summed E-state index contributed by atoms with van der Waals surface area (Å²) < 4.78 is 32.5. The zero-order valence-corrected chi connectivity index (χ0v) is 41.0. The third kappa shape index (κ3) is 13.9. The summed E-state index contributed by atoms with van der Waals surface area (Å²) in [7, 11) is 0. The summed E-state index contributed by atoms with van der Waals surface area (Å²) in [5.41, 5.74) is 2.93. The number of carbonyl (C=O) groups is 3. The van der Waals surface area contributed by atoms with E-state index in [0.717, 1.165) is 0 Å². The summed E-state index contributed by atoms with van der Waals surface area (Å²) in [5.74, 6) is -1.16. The van der Waals surface area contributed by atoms with Crippen molar-refractivity contribution >= 4 is 87.5 Å². The van der Waals surface area contributed by atoms with E-state index in [-0.39, 0.29) is 0 Å². The number of carboxylic acids is 3. The number of benzene rings is 6. The van der Waals surface area contributed by atoms with Crippen molar-refractivity contribution in [2.45, 2.75) is 18.3 Å². The Morgan fingerprint density at radius 1 is 0.361 bits per heavy atom. The lowest BCUT2D eigenvalue weighted by atomic mass is 10.1. The minimum Gasteiger partial charge on any atom is -0.478 e. The van der Waals surface area contributed by atoms with Crippen molar-refractivity contribution in [1.82, 2.24) is 15.5 Å². The molecule has 9 rings (SSSR count). The molecule has 0 aliphatic heterocycles. The van der Waals surface area contributed by atoms with Crippen LogP contribution in [0.1, 0.15) is 35.0 Å². The van der Waals surface area contributed by atoms with Gasteiger partial charge in [-0.05, 0) is 91.0 Å². The first-order chi connectivity index (χ1) is 34.6.